The van der Waals surface area contributed by atoms with E-state index in [1.54, 1.807) is 7.11 Å². The van der Waals surface area contributed by atoms with Crippen LogP contribution in [0.1, 0.15) is 26.2 Å². The summed E-state index contributed by atoms with van der Waals surface area (Å²) in [5, 5.41) is 13.2. The largest absolute Gasteiger partial charge is 0.389 e. The van der Waals surface area contributed by atoms with Crippen LogP contribution >= 0.6 is 0 Å². The van der Waals surface area contributed by atoms with Crippen LogP contribution in [0.4, 0.5) is 0 Å². The molecule has 1 fully saturated rings. The summed E-state index contributed by atoms with van der Waals surface area (Å²) < 4.78 is 4.98. The zero-order valence-corrected chi connectivity index (χ0v) is 10.6. The quantitative estimate of drug-likeness (QED) is 0.667. The van der Waals surface area contributed by atoms with Gasteiger partial charge in [0.25, 0.3) is 0 Å². The first kappa shape index (κ1) is 13.9. The number of methoxy groups -OCH3 is 1. The molecule has 0 bridgehead atoms. The summed E-state index contributed by atoms with van der Waals surface area (Å²) in [6, 6.07) is 0.632. The summed E-state index contributed by atoms with van der Waals surface area (Å²) in [6.07, 6.45) is 3.18. The van der Waals surface area contributed by atoms with Gasteiger partial charge in [0, 0.05) is 19.7 Å². The highest BCUT2D eigenvalue weighted by molar-refractivity contribution is 4.79. The van der Waals surface area contributed by atoms with E-state index in [0.29, 0.717) is 12.6 Å². The molecule has 0 aromatic heterocycles. The van der Waals surface area contributed by atoms with Crippen molar-refractivity contribution in [2.45, 2.75) is 38.3 Å². The van der Waals surface area contributed by atoms with Gasteiger partial charge >= 0.3 is 0 Å². The molecule has 0 radical (unpaired) electrons. The number of aliphatic hydroxyl groups is 1. The maximum absolute atomic E-state index is 9.79. The first-order valence-corrected chi connectivity index (χ1v) is 6.39. The van der Waals surface area contributed by atoms with Gasteiger partial charge in [0.2, 0.25) is 0 Å². The van der Waals surface area contributed by atoms with Gasteiger partial charge in [0.15, 0.2) is 0 Å². The fourth-order valence-electron chi connectivity index (χ4n) is 2.40. The van der Waals surface area contributed by atoms with E-state index in [2.05, 4.69) is 17.1 Å². The van der Waals surface area contributed by atoms with E-state index < -0.39 is 0 Å². The first-order valence-electron chi connectivity index (χ1n) is 6.39. The van der Waals surface area contributed by atoms with E-state index in [-0.39, 0.29) is 6.10 Å². The van der Waals surface area contributed by atoms with Gasteiger partial charge in [0.1, 0.15) is 0 Å². The minimum atomic E-state index is -0.355. The molecule has 1 saturated heterocycles. The van der Waals surface area contributed by atoms with Crippen LogP contribution in [0.25, 0.3) is 0 Å². The molecule has 0 aliphatic carbocycles. The van der Waals surface area contributed by atoms with E-state index in [0.717, 1.165) is 32.6 Å². The van der Waals surface area contributed by atoms with E-state index in [9.17, 15) is 5.11 Å². The molecule has 0 aromatic carbocycles. The molecule has 1 unspecified atom stereocenters. The number of rotatable bonds is 7. The third kappa shape index (κ3) is 4.78. The second-order valence-electron chi connectivity index (χ2n) is 4.59. The van der Waals surface area contributed by atoms with Crippen LogP contribution in [0.5, 0.6) is 0 Å². The highest BCUT2D eigenvalue weighted by Crippen LogP contribution is 2.12. The molecule has 4 nitrogen and oxygen atoms in total. The van der Waals surface area contributed by atoms with Crippen LogP contribution in [0.3, 0.4) is 0 Å². The fourth-order valence-corrected chi connectivity index (χ4v) is 2.40. The molecule has 1 aliphatic heterocycles. The Labute approximate surface area is 99.0 Å². The van der Waals surface area contributed by atoms with Gasteiger partial charge in [0.05, 0.1) is 12.7 Å². The van der Waals surface area contributed by atoms with Crippen molar-refractivity contribution in [3.05, 3.63) is 0 Å². The highest BCUT2D eigenvalue weighted by atomic mass is 16.5. The molecule has 4 heteroatoms. The van der Waals surface area contributed by atoms with Gasteiger partial charge in [-0.05, 0) is 38.9 Å². The monoisotopic (exact) mass is 230 g/mol. The Morgan fingerprint density at radius 1 is 1.44 bits per heavy atom. The number of piperidine rings is 1. The molecule has 1 aliphatic rings. The van der Waals surface area contributed by atoms with Crippen molar-refractivity contribution in [3.8, 4) is 0 Å². The summed E-state index contributed by atoms with van der Waals surface area (Å²) in [5.74, 6) is 0. The Morgan fingerprint density at radius 2 is 2.12 bits per heavy atom. The normalized spacial score (nSPS) is 20.2. The van der Waals surface area contributed by atoms with Crippen molar-refractivity contribution >= 4 is 0 Å². The molecule has 1 rings (SSSR count). The number of aliphatic hydroxyl groups excluding tert-OH is 1. The van der Waals surface area contributed by atoms with E-state index in [1.807, 2.05) is 0 Å². The molecule has 16 heavy (non-hydrogen) atoms. The lowest BCUT2D eigenvalue weighted by Crippen LogP contribution is -2.47. The summed E-state index contributed by atoms with van der Waals surface area (Å²) >= 11 is 0. The molecule has 1 heterocycles. The third-order valence-electron chi connectivity index (χ3n) is 3.14. The zero-order chi connectivity index (χ0) is 11.8. The Bertz CT molecular complexity index is 172. The van der Waals surface area contributed by atoms with Crippen molar-refractivity contribution in [1.29, 1.82) is 0 Å². The Balaban J connectivity index is 2.38. The number of nitrogens with zero attached hydrogens (tertiary/aromatic N) is 1. The van der Waals surface area contributed by atoms with E-state index >= 15 is 0 Å². The molecule has 0 amide bonds. The van der Waals surface area contributed by atoms with Gasteiger partial charge in [-0.1, -0.05) is 6.92 Å². The SMILES string of the molecule is CCCN(CC(O)COC)C1CCNCC1. The van der Waals surface area contributed by atoms with Crippen LogP contribution in [-0.2, 0) is 4.74 Å². The van der Waals surface area contributed by atoms with Crippen molar-refractivity contribution < 1.29 is 9.84 Å². The molecule has 1 atom stereocenters. The van der Waals surface area contributed by atoms with Crippen LogP contribution in [-0.4, -0.2) is 62.0 Å². The fraction of sp³-hybridized carbons (Fsp3) is 1.00. The molecule has 0 saturated carbocycles. The summed E-state index contributed by atoms with van der Waals surface area (Å²) in [7, 11) is 1.64. The molecule has 96 valence electrons. The van der Waals surface area contributed by atoms with Gasteiger partial charge in [-0.15, -0.1) is 0 Å². The lowest BCUT2D eigenvalue weighted by atomic mass is 10.0. The Morgan fingerprint density at radius 3 is 2.69 bits per heavy atom. The molecular formula is C12H26N2O2. The number of hydrogen-bond donors (Lipinski definition) is 2. The van der Waals surface area contributed by atoms with Crippen LogP contribution in [0.2, 0.25) is 0 Å². The standard InChI is InChI=1S/C12H26N2O2/c1-3-8-14(9-12(15)10-16-2)11-4-6-13-7-5-11/h11-13,15H,3-10H2,1-2H3. The average molecular weight is 230 g/mol. The smallest absolute Gasteiger partial charge is 0.0900 e. The summed E-state index contributed by atoms with van der Waals surface area (Å²) in [4.78, 5) is 2.42. The van der Waals surface area contributed by atoms with Crippen molar-refractivity contribution in [2.24, 2.45) is 0 Å². The number of ether oxygens (including phenoxy) is 1. The molecule has 0 aromatic rings. The predicted molar refractivity (Wildman–Crippen MR) is 65.6 cm³/mol. The van der Waals surface area contributed by atoms with Crippen LogP contribution < -0.4 is 5.32 Å². The van der Waals surface area contributed by atoms with Crippen LogP contribution in [0.15, 0.2) is 0 Å². The van der Waals surface area contributed by atoms with Gasteiger partial charge in [-0.3, -0.25) is 4.90 Å². The second-order valence-corrected chi connectivity index (χ2v) is 4.59. The topological polar surface area (TPSA) is 44.7 Å². The Kier molecular flexibility index (Phi) is 6.96. The molecule has 2 N–H and O–H groups in total. The number of nitrogens with one attached hydrogen (secondary N) is 1. The van der Waals surface area contributed by atoms with Crippen molar-refractivity contribution in [3.63, 3.8) is 0 Å². The minimum Gasteiger partial charge on any atom is -0.389 e. The Hall–Kier alpha value is -0.160. The van der Waals surface area contributed by atoms with Gasteiger partial charge < -0.3 is 15.2 Å². The molecular weight excluding hydrogens is 204 g/mol. The maximum Gasteiger partial charge on any atom is 0.0900 e. The van der Waals surface area contributed by atoms with Gasteiger partial charge in [-0.25, -0.2) is 0 Å². The van der Waals surface area contributed by atoms with Crippen LogP contribution in [0, 0.1) is 0 Å². The zero-order valence-electron chi connectivity index (χ0n) is 10.6. The van der Waals surface area contributed by atoms with Crippen molar-refractivity contribution in [1.82, 2.24) is 10.2 Å². The van der Waals surface area contributed by atoms with E-state index in [4.69, 9.17) is 4.74 Å². The maximum atomic E-state index is 9.79. The van der Waals surface area contributed by atoms with Crippen molar-refractivity contribution in [2.75, 3.05) is 39.9 Å². The first-order chi connectivity index (χ1) is 7.77. The number of hydrogen-bond acceptors (Lipinski definition) is 4. The predicted octanol–water partition coefficient (Wildman–Crippen LogP) is 0.458. The highest BCUT2D eigenvalue weighted by Gasteiger charge is 2.22. The van der Waals surface area contributed by atoms with E-state index in [1.165, 1.54) is 12.8 Å². The lowest BCUT2D eigenvalue weighted by Gasteiger charge is -2.35. The average Bonchev–Trinajstić information content (AvgIpc) is 2.30. The summed E-state index contributed by atoms with van der Waals surface area (Å²) in [6.45, 7) is 6.65. The molecule has 0 spiro atoms. The minimum absolute atomic E-state index is 0.355. The summed E-state index contributed by atoms with van der Waals surface area (Å²) in [5.41, 5.74) is 0. The second kappa shape index (κ2) is 8.01. The van der Waals surface area contributed by atoms with Gasteiger partial charge in [-0.2, -0.15) is 0 Å². The third-order valence-corrected chi connectivity index (χ3v) is 3.14. The lowest BCUT2D eigenvalue weighted by molar-refractivity contribution is 0.0221.